The molecule has 0 amide bonds. The van der Waals surface area contributed by atoms with Crippen molar-refractivity contribution in [2.75, 3.05) is 0 Å². The van der Waals surface area contributed by atoms with Crippen LogP contribution in [-0.2, 0) is 17.9 Å². The second-order valence-corrected chi connectivity index (χ2v) is 8.73. The van der Waals surface area contributed by atoms with Gasteiger partial charge < -0.3 is 0 Å². The monoisotopic (exact) mass is 419 g/mol. The summed E-state index contributed by atoms with van der Waals surface area (Å²) >= 11 is 0. The summed E-state index contributed by atoms with van der Waals surface area (Å²) in [6.07, 6.45) is 2.35. The van der Waals surface area contributed by atoms with Crippen molar-refractivity contribution < 1.29 is 4.57 Å². The van der Waals surface area contributed by atoms with Gasteiger partial charge in [0.05, 0.1) is 12.4 Å². The minimum Gasteiger partial charge on any atom is -0.232 e. The van der Waals surface area contributed by atoms with Crippen LogP contribution in [0.5, 0.6) is 0 Å². The third-order valence-electron chi connectivity index (χ3n) is 7.03. The van der Waals surface area contributed by atoms with E-state index in [4.69, 9.17) is 0 Å². The number of benzene rings is 2. The van der Waals surface area contributed by atoms with Crippen molar-refractivity contribution in [1.82, 2.24) is 4.40 Å². The number of rotatable bonds is 0. The van der Waals surface area contributed by atoms with Gasteiger partial charge in [0.2, 0.25) is 0 Å². The van der Waals surface area contributed by atoms with Gasteiger partial charge in [0.15, 0.2) is 5.69 Å². The number of fused-ring (bicyclic) bond motifs is 3. The van der Waals surface area contributed by atoms with Crippen molar-refractivity contribution in [3.8, 4) is 0 Å². The van der Waals surface area contributed by atoms with E-state index in [9.17, 15) is 0 Å². The Morgan fingerprint density at radius 2 is 1.29 bits per heavy atom. The molecule has 0 radical (unpaired) electrons. The number of hydrogen-bond donors (Lipinski definition) is 0. The fourth-order valence-corrected chi connectivity index (χ4v) is 4.88. The zero-order chi connectivity index (χ0) is 23.7. The fraction of sp³-hybridized carbons (Fsp3) is 0.483. The summed E-state index contributed by atoms with van der Waals surface area (Å²) in [4.78, 5) is 0. The van der Waals surface area contributed by atoms with Crippen LogP contribution in [0.15, 0.2) is 42.6 Å². The average Bonchev–Trinajstić information content (AvgIpc) is 3.15. The van der Waals surface area contributed by atoms with Crippen LogP contribution >= 0.6 is 0 Å². The number of para-hydroxylation sites is 1. The molecule has 0 aliphatic carbocycles. The first-order valence-corrected chi connectivity index (χ1v) is 12.1. The van der Waals surface area contributed by atoms with Crippen LogP contribution in [0.1, 0.15) is 86.1 Å². The van der Waals surface area contributed by atoms with E-state index in [1.807, 2.05) is 41.5 Å². The number of hydrogen-bond acceptors (Lipinski definition) is 0. The van der Waals surface area contributed by atoms with Gasteiger partial charge in [0, 0.05) is 27.2 Å². The molecule has 31 heavy (non-hydrogen) atoms. The first-order valence-electron chi connectivity index (χ1n) is 12.1. The summed E-state index contributed by atoms with van der Waals surface area (Å²) in [7, 11) is 2.19. The molecule has 0 spiro atoms. The zero-order valence-corrected chi connectivity index (χ0v) is 21.9. The lowest BCUT2D eigenvalue weighted by Crippen LogP contribution is -2.44. The summed E-state index contributed by atoms with van der Waals surface area (Å²) in [6.45, 7) is 23.8. The Morgan fingerprint density at radius 1 is 0.742 bits per heavy atom. The summed E-state index contributed by atoms with van der Waals surface area (Å²) in [5.74, 6) is 0. The number of pyridine rings is 1. The van der Waals surface area contributed by atoms with Crippen LogP contribution in [0.25, 0.3) is 27.3 Å². The lowest BCUT2D eigenvalue weighted by Gasteiger charge is -2.42. The molecule has 0 atom stereocenters. The predicted octanol–water partition coefficient (Wildman–Crippen LogP) is 8.03. The minimum absolute atomic E-state index is 0.0504. The van der Waals surface area contributed by atoms with E-state index >= 15 is 0 Å². The Kier molecular flexibility index (Phi) is 7.25. The molecule has 168 valence electrons. The van der Waals surface area contributed by atoms with Gasteiger partial charge in [-0.05, 0) is 12.5 Å². The van der Waals surface area contributed by atoms with E-state index in [0.29, 0.717) is 0 Å². The van der Waals surface area contributed by atoms with Crippen LogP contribution in [0, 0.1) is 6.92 Å². The molecule has 2 heteroatoms. The van der Waals surface area contributed by atoms with Crippen molar-refractivity contribution in [3.05, 3.63) is 59.4 Å². The molecule has 0 unspecified atom stereocenters. The maximum atomic E-state index is 2.53. The Labute approximate surface area is 189 Å². The Bertz CT molecular complexity index is 1210. The number of aryl methyl sites for hydroxylation is 2. The molecule has 0 N–H and O–H groups in total. The quantitative estimate of drug-likeness (QED) is 0.201. The van der Waals surface area contributed by atoms with Crippen LogP contribution < -0.4 is 4.57 Å². The molecule has 3 heterocycles. The van der Waals surface area contributed by atoms with Crippen molar-refractivity contribution in [3.63, 3.8) is 0 Å². The maximum Gasteiger partial charge on any atom is 0.295 e. The molecule has 1 aliphatic rings. The topological polar surface area (TPSA) is 8.29 Å². The average molecular weight is 420 g/mol. The third kappa shape index (κ3) is 3.26. The molecule has 2 aromatic carbocycles. The van der Waals surface area contributed by atoms with Gasteiger partial charge in [-0.15, -0.1) is 0 Å². The van der Waals surface area contributed by atoms with Crippen molar-refractivity contribution in [1.29, 1.82) is 0 Å². The molecule has 0 fully saturated rings. The largest absolute Gasteiger partial charge is 0.295 e. The number of nitrogens with zero attached hydrogens (tertiary/aromatic N) is 2. The van der Waals surface area contributed by atoms with E-state index in [0.717, 1.165) is 0 Å². The molecule has 5 rings (SSSR count). The molecule has 4 aromatic rings. The van der Waals surface area contributed by atoms with E-state index in [1.54, 1.807) is 0 Å². The van der Waals surface area contributed by atoms with Gasteiger partial charge in [-0.1, -0.05) is 106 Å². The van der Waals surface area contributed by atoms with E-state index in [2.05, 4.69) is 93.2 Å². The highest BCUT2D eigenvalue weighted by Gasteiger charge is 2.50. The third-order valence-corrected chi connectivity index (χ3v) is 7.03. The summed E-state index contributed by atoms with van der Waals surface area (Å²) < 4.78 is 4.86. The van der Waals surface area contributed by atoms with Crippen molar-refractivity contribution in [2.24, 2.45) is 7.05 Å². The van der Waals surface area contributed by atoms with Gasteiger partial charge in [-0.3, -0.25) is 0 Å². The molecule has 2 aromatic heterocycles. The van der Waals surface area contributed by atoms with Crippen LogP contribution in [0.2, 0.25) is 0 Å². The van der Waals surface area contributed by atoms with Crippen LogP contribution in [0.4, 0.5) is 0 Å². The maximum absolute atomic E-state index is 2.53. The molecular formula is C29H43N2+. The van der Waals surface area contributed by atoms with Crippen molar-refractivity contribution in [2.45, 2.75) is 87.0 Å². The number of imidazole rings is 1. The second-order valence-electron chi connectivity index (χ2n) is 8.73. The Morgan fingerprint density at radius 3 is 1.90 bits per heavy atom. The lowest BCUT2D eigenvalue weighted by molar-refractivity contribution is -0.643. The molecule has 0 saturated carbocycles. The van der Waals surface area contributed by atoms with E-state index in [1.165, 1.54) is 44.1 Å². The SMILES string of the molecule is CC.CC.CC.Cc1cccc2c3cccc4c3n3c(c[n+](C)c3c12)C(C)(C)C4(C)C. The summed E-state index contributed by atoms with van der Waals surface area (Å²) in [6, 6.07) is 13.5. The van der Waals surface area contributed by atoms with Gasteiger partial charge in [-0.25, -0.2) is 4.57 Å². The van der Waals surface area contributed by atoms with Crippen LogP contribution in [-0.4, -0.2) is 4.40 Å². The fourth-order valence-electron chi connectivity index (χ4n) is 4.88. The Hall–Kier alpha value is -2.35. The van der Waals surface area contributed by atoms with E-state index in [-0.39, 0.29) is 10.8 Å². The first kappa shape index (κ1) is 24.9. The predicted molar refractivity (Wildman–Crippen MR) is 138 cm³/mol. The molecular weight excluding hydrogens is 376 g/mol. The summed E-state index contributed by atoms with van der Waals surface area (Å²) in [5, 5.41) is 4.10. The standard InChI is InChI=1S/C23H25N2.3C2H6/c1-14-9-7-10-15-16-11-8-12-17-20(16)25-18(23(4,5)22(17,2)3)13-24(6)21(25)19(14)15;3*1-2/h7-13H,1-6H3;3*1-2H3/q+1;;;. The Balaban J connectivity index is 0.000000527. The van der Waals surface area contributed by atoms with Crippen LogP contribution in [0.3, 0.4) is 0 Å². The minimum atomic E-state index is 0.0504. The summed E-state index contributed by atoms with van der Waals surface area (Å²) in [5.41, 5.74) is 7.01. The molecule has 1 aliphatic heterocycles. The van der Waals surface area contributed by atoms with Crippen molar-refractivity contribution >= 4 is 27.3 Å². The van der Waals surface area contributed by atoms with Gasteiger partial charge in [0.25, 0.3) is 5.65 Å². The van der Waals surface area contributed by atoms with Gasteiger partial charge >= 0.3 is 0 Å². The second kappa shape index (κ2) is 9.02. The molecule has 0 bridgehead atoms. The highest BCUT2D eigenvalue weighted by molar-refractivity contribution is 6.13. The first-order chi connectivity index (χ1) is 14.8. The normalized spacial score (nSPS) is 15.0. The zero-order valence-electron chi connectivity index (χ0n) is 21.9. The molecule has 2 nitrogen and oxygen atoms in total. The smallest absolute Gasteiger partial charge is 0.232 e. The van der Waals surface area contributed by atoms with Gasteiger partial charge in [0.1, 0.15) is 11.7 Å². The number of aromatic nitrogens is 2. The van der Waals surface area contributed by atoms with Gasteiger partial charge in [-0.2, -0.15) is 4.40 Å². The lowest BCUT2D eigenvalue weighted by atomic mass is 9.61. The highest BCUT2D eigenvalue weighted by Crippen LogP contribution is 2.50. The van der Waals surface area contributed by atoms with E-state index < -0.39 is 0 Å². The molecule has 0 saturated heterocycles. The highest BCUT2D eigenvalue weighted by atomic mass is 15.1.